The van der Waals surface area contributed by atoms with Crippen LogP contribution in [-0.2, 0) is 0 Å². The van der Waals surface area contributed by atoms with E-state index in [1.54, 1.807) is 5.57 Å². The first-order chi connectivity index (χ1) is 5.86. The standard InChI is InChI=1S/C11H16O/c12-7-11-5-4-10(11)9-3-1-2-8(9)6-11/h3,8,10,12H,1-2,4-7H2/t8-,10-,11+/m1/s1. The summed E-state index contributed by atoms with van der Waals surface area (Å²) in [7, 11) is 0. The Hall–Kier alpha value is -0.300. The minimum atomic E-state index is 0.358. The van der Waals surface area contributed by atoms with Crippen molar-refractivity contribution in [2.24, 2.45) is 17.3 Å². The van der Waals surface area contributed by atoms with Gasteiger partial charge in [0.15, 0.2) is 0 Å². The third-order valence-corrected chi connectivity index (χ3v) is 4.41. The lowest BCUT2D eigenvalue weighted by Crippen LogP contribution is -2.39. The maximum absolute atomic E-state index is 9.37. The summed E-state index contributed by atoms with van der Waals surface area (Å²) < 4.78 is 0. The number of aliphatic hydroxyl groups excluding tert-OH is 1. The second-order valence-electron chi connectivity index (χ2n) is 4.79. The molecule has 3 rings (SSSR count). The van der Waals surface area contributed by atoms with Crippen molar-refractivity contribution in [1.82, 2.24) is 0 Å². The molecule has 3 aliphatic carbocycles. The Kier molecular flexibility index (Phi) is 1.27. The average Bonchev–Trinajstić information content (AvgIpc) is 2.52. The lowest BCUT2D eigenvalue weighted by molar-refractivity contribution is 0.00809. The van der Waals surface area contributed by atoms with E-state index in [-0.39, 0.29) is 0 Å². The molecule has 2 saturated carbocycles. The zero-order valence-electron chi connectivity index (χ0n) is 7.42. The SMILES string of the molecule is OC[C@@]12CC[C@@H]1C1=CCC[C@@H]1C2. The van der Waals surface area contributed by atoms with Crippen LogP contribution in [0.3, 0.4) is 0 Å². The molecule has 0 saturated heterocycles. The van der Waals surface area contributed by atoms with E-state index in [4.69, 9.17) is 0 Å². The Balaban J connectivity index is 1.95. The molecule has 12 heavy (non-hydrogen) atoms. The molecule has 3 aliphatic rings. The van der Waals surface area contributed by atoms with Crippen LogP contribution in [0.4, 0.5) is 0 Å². The smallest absolute Gasteiger partial charge is 0.0493 e. The molecule has 0 bridgehead atoms. The van der Waals surface area contributed by atoms with Gasteiger partial charge < -0.3 is 5.11 Å². The number of rotatable bonds is 1. The first-order valence-corrected chi connectivity index (χ1v) is 5.16. The van der Waals surface area contributed by atoms with Gasteiger partial charge in [-0.25, -0.2) is 0 Å². The molecule has 66 valence electrons. The Bertz CT molecular complexity index is 239. The van der Waals surface area contributed by atoms with E-state index in [0.717, 1.165) is 11.8 Å². The van der Waals surface area contributed by atoms with Crippen molar-refractivity contribution in [3.05, 3.63) is 11.6 Å². The second kappa shape index (κ2) is 2.14. The molecule has 0 radical (unpaired) electrons. The Morgan fingerprint density at radius 2 is 2.42 bits per heavy atom. The molecular formula is C11H16O. The first-order valence-electron chi connectivity index (χ1n) is 5.16. The predicted molar refractivity (Wildman–Crippen MR) is 47.7 cm³/mol. The lowest BCUT2D eigenvalue weighted by Gasteiger charge is -2.44. The topological polar surface area (TPSA) is 20.2 Å². The maximum atomic E-state index is 9.37. The van der Waals surface area contributed by atoms with Crippen molar-refractivity contribution in [3.8, 4) is 0 Å². The number of hydrogen-bond donors (Lipinski definition) is 1. The fourth-order valence-electron chi connectivity index (χ4n) is 3.64. The highest BCUT2D eigenvalue weighted by Gasteiger charge is 2.55. The zero-order valence-corrected chi connectivity index (χ0v) is 7.42. The van der Waals surface area contributed by atoms with Crippen molar-refractivity contribution in [1.29, 1.82) is 0 Å². The molecule has 2 fully saturated rings. The summed E-state index contributed by atoms with van der Waals surface area (Å²) in [5, 5.41) is 9.37. The molecule has 0 amide bonds. The van der Waals surface area contributed by atoms with E-state index >= 15 is 0 Å². The Morgan fingerprint density at radius 1 is 1.50 bits per heavy atom. The van der Waals surface area contributed by atoms with Crippen molar-refractivity contribution in [3.63, 3.8) is 0 Å². The molecule has 1 N–H and O–H groups in total. The van der Waals surface area contributed by atoms with Crippen molar-refractivity contribution in [2.75, 3.05) is 6.61 Å². The number of fused-ring (bicyclic) bond motifs is 3. The molecule has 0 unspecified atom stereocenters. The fourth-order valence-corrected chi connectivity index (χ4v) is 3.64. The summed E-state index contributed by atoms with van der Waals surface area (Å²) >= 11 is 0. The van der Waals surface area contributed by atoms with Crippen LogP contribution in [0.1, 0.15) is 32.1 Å². The molecule has 1 nitrogen and oxygen atoms in total. The van der Waals surface area contributed by atoms with Gasteiger partial charge in [-0.05, 0) is 43.9 Å². The summed E-state index contributed by atoms with van der Waals surface area (Å²) in [4.78, 5) is 0. The van der Waals surface area contributed by atoms with Crippen LogP contribution in [0.2, 0.25) is 0 Å². The normalized spacial score (nSPS) is 49.6. The van der Waals surface area contributed by atoms with E-state index in [2.05, 4.69) is 6.08 Å². The summed E-state index contributed by atoms with van der Waals surface area (Å²) in [5.74, 6) is 1.65. The third-order valence-electron chi connectivity index (χ3n) is 4.41. The Morgan fingerprint density at radius 3 is 3.08 bits per heavy atom. The van der Waals surface area contributed by atoms with Gasteiger partial charge in [-0.15, -0.1) is 0 Å². The Labute approximate surface area is 73.5 Å². The van der Waals surface area contributed by atoms with Gasteiger partial charge in [0, 0.05) is 12.0 Å². The van der Waals surface area contributed by atoms with Crippen LogP contribution in [0, 0.1) is 17.3 Å². The minimum Gasteiger partial charge on any atom is -0.396 e. The van der Waals surface area contributed by atoms with Crippen molar-refractivity contribution < 1.29 is 5.11 Å². The van der Waals surface area contributed by atoms with Crippen LogP contribution >= 0.6 is 0 Å². The van der Waals surface area contributed by atoms with Gasteiger partial charge in [0.1, 0.15) is 0 Å². The molecule has 0 aromatic rings. The molecule has 0 aliphatic heterocycles. The van der Waals surface area contributed by atoms with Crippen LogP contribution < -0.4 is 0 Å². The van der Waals surface area contributed by atoms with Crippen LogP contribution in [0.25, 0.3) is 0 Å². The van der Waals surface area contributed by atoms with E-state index in [1.165, 1.54) is 32.1 Å². The van der Waals surface area contributed by atoms with Gasteiger partial charge in [0.25, 0.3) is 0 Å². The summed E-state index contributed by atoms with van der Waals surface area (Å²) in [6.07, 6.45) is 9.04. The highest BCUT2D eigenvalue weighted by Crippen LogP contribution is 2.64. The monoisotopic (exact) mass is 164 g/mol. The van der Waals surface area contributed by atoms with Gasteiger partial charge in [0.2, 0.25) is 0 Å². The summed E-state index contributed by atoms with van der Waals surface area (Å²) in [6, 6.07) is 0. The summed E-state index contributed by atoms with van der Waals surface area (Å²) in [6.45, 7) is 0.436. The average molecular weight is 164 g/mol. The number of allylic oxidation sites excluding steroid dienone is 2. The molecule has 1 heteroatoms. The molecule has 0 heterocycles. The van der Waals surface area contributed by atoms with Gasteiger partial charge >= 0.3 is 0 Å². The molecule has 3 atom stereocenters. The van der Waals surface area contributed by atoms with E-state index in [1.807, 2.05) is 0 Å². The molecule has 0 aromatic heterocycles. The number of aliphatic hydroxyl groups is 1. The van der Waals surface area contributed by atoms with Gasteiger partial charge in [-0.3, -0.25) is 0 Å². The van der Waals surface area contributed by atoms with Crippen LogP contribution in [-0.4, -0.2) is 11.7 Å². The van der Waals surface area contributed by atoms with Gasteiger partial charge in [-0.2, -0.15) is 0 Å². The largest absolute Gasteiger partial charge is 0.396 e. The second-order valence-corrected chi connectivity index (χ2v) is 4.79. The van der Waals surface area contributed by atoms with Gasteiger partial charge in [0.05, 0.1) is 0 Å². The molecule has 0 aromatic carbocycles. The number of hydrogen-bond acceptors (Lipinski definition) is 1. The highest BCUT2D eigenvalue weighted by molar-refractivity contribution is 5.29. The first kappa shape index (κ1) is 7.14. The quantitative estimate of drug-likeness (QED) is 0.588. The fraction of sp³-hybridized carbons (Fsp3) is 0.818. The maximum Gasteiger partial charge on any atom is 0.0493 e. The van der Waals surface area contributed by atoms with Crippen LogP contribution in [0.15, 0.2) is 11.6 Å². The molecule has 0 spiro atoms. The van der Waals surface area contributed by atoms with E-state index in [9.17, 15) is 5.11 Å². The summed E-state index contributed by atoms with van der Waals surface area (Å²) in [5.41, 5.74) is 2.08. The van der Waals surface area contributed by atoms with E-state index < -0.39 is 0 Å². The van der Waals surface area contributed by atoms with Crippen LogP contribution in [0.5, 0.6) is 0 Å². The predicted octanol–water partition coefficient (Wildman–Crippen LogP) is 2.12. The van der Waals surface area contributed by atoms with E-state index in [0.29, 0.717) is 12.0 Å². The zero-order chi connectivity index (χ0) is 8.18. The third kappa shape index (κ3) is 0.646. The van der Waals surface area contributed by atoms with Gasteiger partial charge in [-0.1, -0.05) is 11.6 Å². The van der Waals surface area contributed by atoms with Crippen molar-refractivity contribution in [2.45, 2.75) is 32.1 Å². The van der Waals surface area contributed by atoms with Crippen molar-refractivity contribution >= 4 is 0 Å². The lowest BCUT2D eigenvalue weighted by atomic mass is 9.61. The minimum absolute atomic E-state index is 0.358. The molecular weight excluding hydrogens is 148 g/mol. The highest BCUT2D eigenvalue weighted by atomic mass is 16.3.